The minimum absolute atomic E-state index is 0.116. The number of carbonyl (C=O) groups is 1. The predicted octanol–water partition coefficient (Wildman–Crippen LogP) is 2.31. The van der Waals surface area contributed by atoms with Gasteiger partial charge < -0.3 is 4.74 Å². The summed E-state index contributed by atoms with van der Waals surface area (Å²) in [5.74, 6) is 0.657. The van der Waals surface area contributed by atoms with Crippen LogP contribution in [-0.2, 0) is 9.53 Å². The molecule has 1 rings (SSSR count). The van der Waals surface area contributed by atoms with Gasteiger partial charge in [0.05, 0.1) is 13.7 Å². The van der Waals surface area contributed by atoms with Gasteiger partial charge in [0.1, 0.15) is 0 Å². The van der Waals surface area contributed by atoms with E-state index in [4.69, 9.17) is 4.74 Å². The molecule has 0 spiro atoms. The van der Waals surface area contributed by atoms with Crippen molar-refractivity contribution < 1.29 is 9.53 Å². The number of methoxy groups -OCH3 is 1. The van der Waals surface area contributed by atoms with E-state index >= 15 is 0 Å². The number of likely N-dealkylation sites (tertiary alicyclic amines) is 1. The van der Waals surface area contributed by atoms with Crippen LogP contribution in [0.5, 0.6) is 0 Å². The molecule has 0 aromatic rings. The largest absolute Gasteiger partial charge is 0.468 e. The number of rotatable bonds is 2. The molecule has 0 aromatic carbocycles. The minimum Gasteiger partial charge on any atom is -0.468 e. The second kappa shape index (κ2) is 5.67. The quantitative estimate of drug-likeness (QED) is 0.678. The van der Waals surface area contributed by atoms with Crippen molar-refractivity contribution >= 4 is 5.97 Å². The summed E-state index contributed by atoms with van der Waals surface area (Å²) in [6.07, 6.45) is 3.67. The van der Waals surface area contributed by atoms with E-state index < -0.39 is 0 Å². The molecule has 0 radical (unpaired) electrons. The van der Waals surface area contributed by atoms with Crippen LogP contribution in [0.25, 0.3) is 0 Å². The molecule has 1 aliphatic heterocycles. The third-order valence-corrected chi connectivity index (χ3v) is 3.63. The Kier molecular flexibility index (Phi) is 4.78. The first-order chi connectivity index (χ1) is 7.43. The Balaban J connectivity index is 2.43. The number of esters is 1. The van der Waals surface area contributed by atoms with E-state index in [2.05, 4.69) is 25.7 Å². The molecule has 1 saturated heterocycles. The molecule has 1 atom stereocenters. The van der Waals surface area contributed by atoms with Crippen LogP contribution in [0.3, 0.4) is 0 Å². The van der Waals surface area contributed by atoms with Gasteiger partial charge in [0, 0.05) is 0 Å². The summed E-state index contributed by atoms with van der Waals surface area (Å²) < 4.78 is 4.71. The van der Waals surface area contributed by atoms with E-state index in [1.165, 1.54) is 26.4 Å². The maximum Gasteiger partial charge on any atom is 0.319 e. The van der Waals surface area contributed by atoms with Crippen molar-refractivity contribution in [2.24, 2.45) is 11.3 Å². The number of hydrogen-bond acceptors (Lipinski definition) is 3. The van der Waals surface area contributed by atoms with Crippen LogP contribution in [0.4, 0.5) is 0 Å². The van der Waals surface area contributed by atoms with Gasteiger partial charge in [0.25, 0.3) is 0 Å². The maximum atomic E-state index is 11.2. The van der Waals surface area contributed by atoms with Crippen molar-refractivity contribution in [1.29, 1.82) is 0 Å². The van der Waals surface area contributed by atoms with Crippen LogP contribution in [-0.4, -0.2) is 37.6 Å². The first kappa shape index (κ1) is 13.5. The highest BCUT2D eigenvalue weighted by Crippen LogP contribution is 2.34. The normalized spacial score (nSPS) is 23.9. The number of ether oxygens (including phenoxy) is 1. The summed E-state index contributed by atoms with van der Waals surface area (Å²) >= 11 is 0. The van der Waals surface area contributed by atoms with Crippen molar-refractivity contribution in [3.8, 4) is 0 Å². The summed E-state index contributed by atoms with van der Waals surface area (Å²) in [5.41, 5.74) is 0.390. The van der Waals surface area contributed by atoms with Gasteiger partial charge in [0.2, 0.25) is 0 Å². The van der Waals surface area contributed by atoms with Gasteiger partial charge in [-0.1, -0.05) is 20.8 Å². The van der Waals surface area contributed by atoms with Crippen LogP contribution < -0.4 is 0 Å². The standard InChI is InChI=1S/C13H25NO2/c1-13(2,3)11-6-5-8-14(9-7-11)10-12(15)16-4/h11H,5-10H2,1-4H3. The molecule has 16 heavy (non-hydrogen) atoms. The molecule has 3 heteroatoms. The van der Waals surface area contributed by atoms with Gasteiger partial charge in [-0.05, 0) is 43.7 Å². The fraction of sp³-hybridized carbons (Fsp3) is 0.923. The number of carbonyl (C=O) groups excluding carboxylic acids is 1. The molecule has 94 valence electrons. The van der Waals surface area contributed by atoms with E-state index in [1.807, 2.05) is 0 Å². The summed E-state index contributed by atoms with van der Waals surface area (Å²) in [5, 5.41) is 0. The summed E-state index contributed by atoms with van der Waals surface area (Å²) in [7, 11) is 1.46. The topological polar surface area (TPSA) is 29.5 Å². The van der Waals surface area contributed by atoms with E-state index in [9.17, 15) is 4.79 Å². The molecule has 0 bridgehead atoms. The Hall–Kier alpha value is -0.570. The zero-order chi connectivity index (χ0) is 12.2. The van der Waals surface area contributed by atoms with Gasteiger partial charge in [-0.15, -0.1) is 0 Å². The maximum absolute atomic E-state index is 11.2. The van der Waals surface area contributed by atoms with Crippen molar-refractivity contribution in [3.63, 3.8) is 0 Å². The molecule has 0 amide bonds. The lowest BCUT2D eigenvalue weighted by atomic mass is 9.77. The fourth-order valence-corrected chi connectivity index (χ4v) is 2.43. The van der Waals surface area contributed by atoms with E-state index in [1.54, 1.807) is 0 Å². The molecule has 1 unspecified atom stereocenters. The van der Waals surface area contributed by atoms with Crippen LogP contribution in [0.15, 0.2) is 0 Å². The number of hydrogen-bond donors (Lipinski definition) is 0. The Morgan fingerprint density at radius 1 is 1.31 bits per heavy atom. The third kappa shape index (κ3) is 4.12. The lowest BCUT2D eigenvalue weighted by Crippen LogP contribution is -2.32. The van der Waals surface area contributed by atoms with Crippen LogP contribution in [0.2, 0.25) is 0 Å². The SMILES string of the molecule is COC(=O)CN1CCCC(C(C)(C)C)CC1. The fourth-order valence-electron chi connectivity index (χ4n) is 2.43. The second-order valence-electron chi connectivity index (χ2n) is 5.85. The zero-order valence-corrected chi connectivity index (χ0v) is 11.1. The monoisotopic (exact) mass is 227 g/mol. The zero-order valence-electron chi connectivity index (χ0n) is 11.1. The molecule has 1 fully saturated rings. The lowest BCUT2D eigenvalue weighted by molar-refractivity contribution is -0.141. The highest BCUT2D eigenvalue weighted by atomic mass is 16.5. The van der Waals surface area contributed by atoms with E-state index in [-0.39, 0.29) is 5.97 Å². The molecule has 0 aliphatic carbocycles. The van der Waals surface area contributed by atoms with Crippen LogP contribution in [0, 0.1) is 11.3 Å². The molecular formula is C13H25NO2. The summed E-state index contributed by atoms with van der Waals surface area (Å²) in [6, 6.07) is 0. The average molecular weight is 227 g/mol. The molecular weight excluding hydrogens is 202 g/mol. The molecule has 1 aliphatic rings. The van der Waals surface area contributed by atoms with Crippen molar-refractivity contribution in [3.05, 3.63) is 0 Å². The van der Waals surface area contributed by atoms with Gasteiger partial charge in [-0.2, -0.15) is 0 Å². The van der Waals surface area contributed by atoms with Crippen molar-refractivity contribution in [2.75, 3.05) is 26.7 Å². The number of nitrogens with zero attached hydrogens (tertiary/aromatic N) is 1. The average Bonchev–Trinajstić information content (AvgIpc) is 2.42. The summed E-state index contributed by atoms with van der Waals surface area (Å²) in [6.45, 7) is 9.45. The lowest BCUT2D eigenvalue weighted by Gasteiger charge is -2.29. The van der Waals surface area contributed by atoms with Gasteiger partial charge in [0.15, 0.2) is 0 Å². The predicted molar refractivity (Wildman–Crippen MR) is 65.3 cm³/mol. The Labute approximate surface area is 99.1 Å². The molecule has 1 heterocycles. The molecule has 3 nitrogen and oxygen atoms in total. The molecule has 0 aromatic heterocycles. The minimum atomic E-state index is -0.116. The molecule has 0 N–H and O–H groups in total. The molecule has 0 saturated carbocycles. The Morgan fingerprint density at radius 2 is 2.00 bits per heavy atom. The highest BCUT2D eigenvalue weighted by molar-refractivity contribution is 5.71. The third-order valence-electron chi connectivity index (χ3n) is 3.63. The van der Waals surface area contributed by atoms with Crippen molar-refractivity contribution in [1.82, 2.24) is 4.90 Å². The first-order valence-electron chi connectivity index (χ1n) is 6.22. The van der Waals surface area contributed by atoms with E-state index in [0.717, 1.165) is 19.0 Å². The highest BCUT2D eigenvalue weighted by Gasteiger charge is 2.27. The second-order valence-corrected chi connectivity index (χ2v) is 5.85. The smallest absolute Gasteiger partial charge is 0.319 e. The van der Waals surface area contributed by atoms with Gasteiger partial charge in [-0.3, -0.25) is 9.69 Å². The van der Waals surface area contributed by atoms with Crippen molar-refractivity contribution in [2.45, 2.75) is 40.0 Å². The van der Waals surface area contributed by atoms with Crippen LogP contribution in [0.1, 0.15) is 40.0 Å². The van der Waals surface area contributed by atoms with Gasteiger partial charge in [-0.25, -0.2) is 0 Å². The summed E-state index contributed by atoms with van der Waals surface area (Å²) in [4.78, 5) is 13.4. The Morgan fingerprint density at radius 3 is 2.56 bits per heavy atom. The van der Waals surface area contributed by atoms with Crippen LogP contribution >= 0.6 is 0 Å². The van der Waals surface area contributed by atoms with E-state index in [0.29, 0.717) is 12.0 Å². The first-order valence-corrected chi connectivity index (χ1v) is 6.22. The Bertz CT molecular complexity index is 233. The van der Waals surface area contributed by atoms with Gasteiger partial charge >= 0.3 is 5.97 Å².